The Morgan fingerprint density at radius 2 is 2.00 bits per heavy atom. The molecule has 0 amide bonds. The Kier molecular flexibility index (Phi) is 2.59. The zero-order valence-corrected chi connectivity index (χ0v) is 6.80. The van der Waals surface area contributed by atoms with Crippen molar-refractivity contribution < 1.29 is 17.9 Å². The van der Waals surface area contributed by atoms with Gasteiger partial charge in [0.05, 0.1) is 5.69 Å². The first kappa shape index (κ1) is 10.3. The first-order chi connectivity index (χ1) is 6.44. The molecule has 0 atom stereocenters. The van der Waals surface area contributed by atoms with Crippen LogP contribution in [0.2, 0.25) is 0 Å². The van der Waals surface area contributed by atoms with Crippen LogP contribution in [0.3, 0.4) is 0 Å². The molecule has 1 rings (SSSR count). The van der Waals surface area contributed by atoms with Crippen molar-refractivity contribution in [3.05, 3.63) is 18.2 Å². The van der Waals surface area contributed by atoms with E-state index in [2.05, 4.69) is 9.85 Å². The topological polar surface area (TPSA) is 71.5 Å². The summed E-state index contributed by atoms with van der Waals surface area (Å²) in [6, 6.07) is 3.65. The molecule has 0 aliphatic rings. The largest absolute Gasteiger partial charge is 0.573 e. The second-order valence-corrected chi connectivity index (χ2v) is 2.35. The van der Waals surface area contributed by atoms with E-state index in [1.54, 1.807) is 0 Å². The van der Waals surface area contributed by atoms with Crippen LogP contribution in [0.15, 0.2) is 23.3 Å². The van der Waals surface area contributed by atoms with Gasteiger partial charge in [0.15, 0.2) is 11.4 Å². The number of nitrogens with zero attached hydrogens (tertiary/aromatic N) is 1. The normalized spacial score (nSPS) is 11.1. The highest BCUT2D eigenvalue weighted by Crippen LogP contribution is 2.36. The maximum Gasteiger partial charge on any atom is 0.573 e. The van der Waals surface area contributed by atoms with Crippen molar-refractivity contribution in [2.45, 2.75) is 6.36 Å². The molecule has 3 N–H and O–H groups in total. The van der Waals surface area contributed by atoms with E-state index >= 15 is 0 Å². The van der Waals surface area contributed by atoms with Gasteiger partial charge in [-0.2, -0.15) is 5.11 Å². The van der Waals surface area contributed by atoms with Gasteiger partial charge in [-0.25, -0.2) is 5.53 Å². The molecule has 0 aliphatic carbocycles. The minimum Gasteiger partial charge on any atom is -0.403 e. The van der Waals surface area contributed by atoms with Crippen molar-refractivity contribution in [2.75, 3.05) is 5.73 Å². The summed E-state index contributed by atoms with van der Waals surface area (Å²) >= 11 is 0. The molecule has 0 saturated carbocycles. The van der Waals surface area contributed by atoms with Gasteiger partial charge in [-0.1, -0.05) is 6.07 Å². The van der Waals surface area contributed by atoms with E-state index in [9.17, 15) is 13.2 Å². The van der Waals surface area contributed by atoms with Crippen molar-refractivity contribution >= 4 is 11.4 Å². The number of alkyl halides is 3. The molecule has 0 radical (unpaired) electrons. The van der Waals surface area contributed by atoms with E-state index in [0.717, 1.165) is 6.07 Å². The van der Waals surface area contributed by atoms with Gasteiger partial charge in [-0.05, 0) is 12.1 Å². The SMILES string of the molecule is N=Nc1c(N)cccc1OC(F)(F)F. The van der Waals surface area contributed by atoms with E-state index in [-0.39, 0.29) is 11.4 Å². The number of halogens is 3. The Morgan fingerprint density at radius 1 is 1.36 bits per heavy atom. The maximum absolute atomic E-state index is 11.8. The van der Waals surface area contributed by atoms with E-state index in [0.29, 0.717) is 0 Å². The third-order valence-corrected chi connectivity index (χ3v) is 1.37. The molecule has 0 aromatic heterocycles. The number of benzene rings is 1. The average molecular weight is 205 g/mol. The summed E-state index contributed by atoms with van der Waals surface area (Å²) in [5.74, 6) is -0.576. The van der Waals surface area contributed by atoms with Gasteiger partial charge in [0.2, 0.25) is 0 Å². The van der Waals surface area contributed by atoms with E-state index in [1.165, 1.54) is 12.1 Å². The number of hydrogen-bond acceptors (Lipinski definition) is 4. The highest BCUT2D eigenvalue weighted by molar-refractivity contribution is 5.69. The highest BCUT2D eigenvalue weighted by atomic mass is 19.4. The lowest BCUT2D eigenvalue weighted by Crippen LogP contribution is -2.17. The molecule has 1 aromatic rings. The summed E-state index contributed by atoms with van der Waals surface area (Å²) in [4.78, 5) is 0. The third kappa shape index (κ3) is 2.35. The number of nitrogens with one attached hydrogen (secondary N) is 1. The van der Waals surface area contributed by atoms with E-state index in [1.807, 2.05) is 0 Å². The zero-order chi connectivity index (χ0) is 10.8. The van der Waals surface area contributed by atoms with Crippen LogP contribution in [0.5, 0.6) is 5.75 Å². The molecule has 14 heavy (non-hydrogen) atoms. The lowest BCUT2D eigenvalue weighted by atomic mass is 10.2. The molecule has 4 nitrogen and oxygen atoms in total. The van der Waals surface area contributed by atoms with Gasteiger partial charge in [-0.15, -0.1) is 13.2 Å². The second kappa shape index (κ2) is 3.52. The fraction of sp³-hybridized carbons (Fsp3) is 0.143. The van der Waals surface area contributed by atoms with Gasteiger partial charge in [0.1, 0.15) is 0 Å². The molecule has 0 fully saturated rings. The summed E-state index contributed by atoms with van der Waals surface area (Å²) in [7, 11) is 0. The summed E-state index contributed by atoms with van der Waals surface area (Å²) < 4.78 is 39.1. The van der Waals surface area contributed by atoms with Gasteiger partial charge >= 0.3 is 6.36 Å². The minimum absolute atomic E-state index is 0.0400. The lowest BCUT2D eigenvalue weighted by molar-refractivity contribution is -0.274. The van der Waals surface area contributed by atoms with Crippen LogP contribution in [0.1, 0.15) is 0 Å². The molecule has 0 heterocycles. The molecule has 0 spiro atoms. The lowest BCUT2D eigenvalue weighted by Gasteiger charge is -2.10. The predicted molar refractivity (Wildman–Crippen MR) is 42.3 cm³/mol. The maximum atomic E-state index is 11.8. The van der Waals surface area contributed by atoms with Crippen molar-refractivity contribution in [2.24, 2.45) is 5.11 Å². The molecule has 0 unspecified atom stereocenters. The van der Waals surface area contributed by atoms with Gasteiger partial charge < -0.3 is 10.5 Å². The fourth-order valence-electron chi connectivity index (χ4n) is 0.866. The standard InChI is InChI=1S/C7H6F3N3O/c8-7(9,10)14-5-3-1-2-4(11)6(5)13-12/h1-3,12H,11H2. The number of para-hydroxylation sites is 1. The summed E-state index contributed by atoms with van der Waals surface area (Å²) in [6.45, 7) is 0. The van der Waals surface area contributed by atoms with Gasteiger partial charge in [0, 0.05) is 0 Å². The Bertz CT molecular complexity index is 351. The average Bonchev–Trinajstić information content (AvgIpc) is 2.01. The molecule has 76 valence electrons. The van der Waals surface area contributed by atoms with Crippen LogP contribution in [0.25, 0.3) is 0 Å². The number of nitrogens with two attached hydrogens (primary N) is 1. The summed E-state index contributed by atoms with van der Waals surface area (Å²) in [5, 5.41) is 2.85. The quantitative estimate of drug-likeness (QED) is 0.575. The smallest absolute Gasteiger partial charge is 0.403 e. The number of anilines is 1. The number of ether oxygens (including phenoxy) is 1. The van der Waals surface area contributed by atoms with Crippen LogP contribution in [-0.4, -0.2) is 6.36 Å². The van der Waals surface area contributed by atoms with E-state index in [4.69, 9.17) is 11.3 Å². The van der Waals surface area contributed by atoms with Crippen LogP contribution in [-0.2, 0) is 0 Å². The number of hydrogen-bond donors (Lipinski definition) is 2. The Hall–Kier alpha value is -1.79. The molecule has 0 bridgehead atoms. The summed E-state index contributed by atoms with van der Waals surface area (Å²) in [6.07, 6.45) is -4.81. The number of rotatable bonds is 2. The molecule has 1 aromatic carbocycles. The Balaban J connectivity index is 3.08. The third-order valence-electron chi connectivity index (χ3n) is 1.37. The summed E-state index contributed by atoms with van der Waals surface area (Å²) in [5.41, 5.74) is 11.6. The van der Waals surface area contributed by atoms with Crippen LogP contribution < -0.4 is 10.5 Å². The first-order valence-electron chi connectivity index (χ1n) is 3.46. The molecule has 0 saturated heterocycles. The van der Waals surface area contributed by atoms with Crippen LogP contribution >= 0.6 is 0 Å². The molecular formula is C7H6F3N3O. The monoisotopic (exact) mass is 205 g/mol. The Morgan fingerprint density at radius 3 is 2.50 bits per heavy atom. The predicted octanol–water partition coefficient (Wildman–Crippen LogP) is 2.83. The molecule has 7 heteroatoms. The van der Waals surface area contributed by atoms with Crippen LogP contribution in [0, 0.1) is 5.53 Å². The fourth-order valence-corrected chi connectivity index (χ4v) is 0.866. The van der Waals surface area contributed by atoms with Gasteiger partial charge in [0.25, 0.3) is 0 Å². The van der Waals surface area contributed by atoms with Crippen LogP contribution in [0.4, 0.5) is 24.5 Å². The first-order valence-corrected chi connectivity index (χ1v) is 3.46. The Labute approximate surface area is 77.0 Å². The van der Waals surface area contributed by atoms with Crippen molar-refractivity contribution in [3.63, 3.8) is 0 Å². The number of nitrogen functional groups attached to an aromatic ring is 1. The zero-order valence-electron chi connectivity index (χ0n) is 6.80. The minimum atomic E-state index is -4.81. The van der Waals surface area contributed by atoms with Crippen molar-refractivity contribution in [1.82, 2.24) is 0 Å². The second-order valence-electron chi connectivity index (χ2n) is 2.35. The van der Waals surface area contributed by atoms with Gasteiger partial charge in [-0.3, -0.25) is 0 Å². The van der Waals surface area contributed by atoms with Crippen molar-refractivity contribution in [3.8, 4) is 5.75 Å². The molecule has 0 aliphatic heterocycles. The highest BCUT2D eigenvalue weighted by Gasteiger charge is 2.32. The molecular weight excluding hydrogens is 199 g/mol. The van der Waals surface area contributed by atoms with Crippen molar-refractivity contribution in [1.29, 1.82) is 5.53 Å². The van der Waals surface area contributed by atoms with E-state index < -0.39 is 12.1 Å².